The third-order valence-electron chi connectivity index (χ3n) is 2.28. The zero-order valence-electron chi connectivity index (χ0n) is 7.07. The van der Waals surface area contributed by atoms with Crippen LogP contribution in [0.1, 0.15) is 12.8 Å². The highest BCUT2D eigenvalue weighted by atomic mass is 32.2. The molecule has 1 fully saturated rings. The molecule has 0 aromatic carbocycles. The van der Waals surface area contributed by atoms with Gasteiger partial charge in [0.25, 0.3) is 0 Å². The van der Waals surface area contributed by atoms with Gasteiger partial charge in [-0.15, -0.1) is 0 Å². The van der Waals surface area contributed by atoms with Crippen molar-refractivity contribution in [2.75, 3.05) is 26.2 Å². The number of hydrogen-bond donors (Lipinski definition) is 1. The fourth-order valence-electron chi connectivity index (χ4n) is 1.58. The van der Waals surface area contributed by atoms with Crippen LogP contribution >= 0.6 is 11.8 Å². The molecule has 0 aromatic rings. The predicted molar refractivity (Wildman–Crippen MR) is 51.6 cm³/mol. The van der Waals surface area contributed by atoms with Gasteiger partial charge in [-0.3, -0.25) is 4.99 Å². The second-order valence-electron chi connectivity index (χ2n) is 3.24. The Morgan fingerprint density at radius 3 is 2.83 bits per heavy atom. The molecule has 68 valence electrons. The first-order valence-electron chi connectivity index (χ1n) is 4.47. The number of aliphatic hydroxyl groups is 1. The molecule has 1 atom stereocenters. The molecule has 1 N–H and O–H groups in total. The standard InChI is InChI=1S/C8H14N2OS/c11-6-7-5-9-8(12-7)10-3-1-2-4-10/h7,11H,1-6H2. The fraction of sp³-hybridized carbons (Fsp3) is 0.875. The third kappa shape index (κ3) is 1.59. The highest BCUT2D eigenvalue weighted by molar-refractivity contribution is 8.14. The van der Waals surface area contributed by atoms with E-state index >= 15 is 0 Å². The lowest BCUT2D eigenvalue weighted by Gasteiger charge is -2.16. The van der Waals surface area contributed by atoms with Gasteiger partial charge in [-0.2, -0.15) is 0 Å². The van der Waals surface area contributed by atoms with Crippen LogP contribution in [0.2, 0.25) is 0 Å². The molecule has 1 unspecified atom stereocenters. The largest absolute Gasteiger partial charge is 0.395 e. The van der Waals surface area contributed by atoms with Gasteiger partial charge in [0.05, 0.1) is 18.4 Å². The third-order valence-corrected chi connectivity index (χ3v) is 3.51. The molecule has 0 aromatic heterocycles. The SMILES string of the molecule is OCC1CN=C(N2CCCC2)S1. The zero-order chi connectivity index (χ0) is 8.39. The summed E-state index contributed by atoms with van der Waals surface area (Å²) in [5.41, 5.74) is 0. The molecule has 3 nitrogen and oxygen atoms in total. The van der Waals surface area contributed by atoms with Gasteiger partial charge < -0.3 is 10.0 Å². The van der Waals surface area contributed by atoms with Crippen LogP contribution in [-0.2, 0) is 0 Å². The normalized spacial score (nSPS) is 29.6. The van der Waals surface area contributed by atoms with E-state index in [9.17, 15) is 0 Å². The molecule has 12 heavy (non-hydrogen) atoms. The van der Waals surface area contributed by atoms with E-state index in [1.807, 2.05) is 0 Å². The lowest BCUT2D eigenvalue weighted by molar-refractivity contribution is 0.297. The van der Waals surface area contributed by atoms with Crippen molar-refractivity contribution >= 4 is 16.9 Å². The van der Waals surface area contributed by atoms with E-state index in [-0.39, 0.29) is 6.61 Å². The summed E-state index contributed by atoms with van der Waals surface area (Å²) in [6.45, 7) is 3.37. The van der Waals surface area contributed by atoms with Crippen LogP contribution in [0.4, 0.5) is 0 Å². The molecule has 2 aliphatic heterocycles. The first-order valence-corrected chi connectivity index (χ1v) is 5.35. The zero-order valence-corrected chi connectivity index (χ0v) is 7.89. The summed E-state index contributed by atoms with van der Waals surface area (Å²) in [5.74, 6) is 0. The van der Waals surface area contributed by atoms with Gasteiger partial charge in [0, 0.05) is 13.1 Å². The van der Waals surface area contributed by atoms with E-state index in [1.165, 1.54) is 12.8 Å². The minimum Gasteiger partial charge on any atom is -0.395 e. The van der Waals surface area contributed by atoms with Gasteiger partial charge in [0.2, 0.25) is 0 Å². The van der Waals surface area contributed by atoms with Crippen molar-refractivity contribution in [3.8, 4) is 0 Å². The van der Waals surface area contributed by atoms with Crippen LogP contribution in [0.5, 0.6) is 0 Å². The summed E-state index contributed by atoms with van der Waals surface area (Å²) >= 11 is 1.73. The Labute approximate surface area is 76.9 Å². The van der Waals surface area contributed by atoms with E-state index < -0.39 is 0 Å². The number of rotatable bonds is 1. The summed E-state index contributed by atoms with van der Waals surface area (Å²) < 4.78 is 0. The molecule has 0 spiro atoms. The molecule has 0 aliphatic carbocycles. The molecule has 1 saturated heterocycles. The Bertz CT molecular complexity index is 189. The summed E-state index contributed by atoms with van der Waals surface area (Å²) in [6, 6.07) is 0. The van der Waals surface area contributed by atoms with Crippen LogP contribution in [0, 0.1) is 0 Å². The Morgan fingerprint density at radius 1 is 1.50 bits per heavy atom. The maximum Gasteiger partial charge on any atom is 0.159 e. The highest BCUT2D eigenvalue weighted by Gasteiger charge is 2.24. The Kier molecular flexibility index (Phi) is 2.56. The number of nitrogens with zero attached hydrogens (tertiary/aromatic N) is 2. The molecule has 2 aliphatic rings. The number of hydrogen-bond acceptors (Lipinski definition) is 4. The summed E-state index contributed by atoms with van der Waals surface area (Å²) in [6.07, 6.45) is 2.59. The Morgan fingerprint density at radius 2 is 2.25 bits per heavy atom. The number of likely N-dealkylation sites (tertiary alicyclic amines) is 1. The summed E-state index contributed by atoms with van der Waals surface area (Å²) in [5, 5.41) is 10.4. The van der Waals surface area contributed by atoms with Crippen LogP contribution in [0.15, 0.2) is 4.99 Å². The molecule has 2 rings (SSSR count). The van der Waals surface area contributed by atoms with E-state index in [1.54, 1.807) is 11.8 Å². The van der Waals surface area contributed by atoms with Crippen molar-refractivity contribution in [3.63, 3.8) is 0 Å². The van der Waals surface area contributed by atoms with Crippen molar-refractivity contribution < 1.29 is 5.11 Å². The number of aliphatic imine (C=N–C) groups is 1. The smallest absolute Gasteiger partial charge is 0.159 e. The lowest BCUT2D eigenvalue weighted by Crippen LogP contribution is -2.24. The maximum absolute atomic E-state index is 8.91. The maximum atomic E-state index is 8.91. The monoisotopic (exact) mass is 186 g/mol. The average molecular weight is 186 g/mol. The lowest BCUT2D eigenvalue weighted by atomic mass is 10.4. The predicted octanol–water partition coefficient (Wildman–Crippen LogP) is 0.546. The Balaban J connectivity index is 1.89. The topological polar surface area (TPSA) is 35.8 Å². The minimum atomic E-state index is 0.255. The van der Waals surface area contributed by atoms with E-state index in [0.717, 1.165) is 24.8 Å². The number of aliphatic hydroxyl groups excluding tert-OH is 1. The average Bonchev–Trinajstić information content (AvgIpc) is 2.75. The van der Waals surface area contributed by atoms with Gasteiger partial charge in [-0.25, -0.2) is 0 Å². The number of thioether (sulfide) groups is 1. The summed E-state index contributed by atoms with van der Waals surface area (Å²) in [4.78, 5) is 6.75. The second kappa shape index (κ2) is 3.66. The van der Waals surface area contributed by atoms with Crippen LogP contribution in [0.3, 0.4) is 0 Å². The van der Waals surface area contributed by atoms with Crippen molar-refractivity contribution in [1.29, 1.82) is 0 Å². The minimum absolute atomic E-state index is 0.255. The van der Waals surface area contributed by atoms with Crippen molar-refractivity contribution in [1.82, 2.24) is 4.90 Å². The van der Waals surface area contributed by atoms with Gasteiger partial charge in [0.1, 0.15) is 0 Å². The van der Waals surface area contributed by atoms with Gasteiger partial charge in [-0.1, -0.05) is 11.8 Å². The van der Waals surface area contributed by atoms with E-state index in [0.29, 0.717) is 5.25 Å². The van der Waals surface area contributed by atoms with Crippen molar-refractivity contribution in [3.05, 3.63) is 0 Å². The highest BCUT2D eigenvalue weighted by Crippen LogP contribution is 2.25. The quantitative estimate of drug-likeness (QED) is 0.649. The second-order valence-corrected chi connectivity index (χ2v) is 4.51. The first kappa shape index (κ1) is 8.38. The van der Waals surface area contributed by atoms with Crippen LogP contribution in [0.25, 0.3) is 0 Å². The van der Waals surface area contributed by atoms with Crippen LogP contribution < -0.4 is 0 Å². The number of amidine groups is 1. The molecular formula is C8H14N2OS. The molecule has 0 radical (unpaired) electrons. The van der Waals surface area contributed by atoms with E-state index in [4.69, 9.17) is 5.11 Å². The molecular weight excluding hydrogens is 172 g/mol. The van der Waals surface area contributed by atoms with Gasteiger partial charge in [-0.05, 0) is 12.8 Å². The Hall–Kier alpha value is -0.220. The molecule has 0 amide bonds. The van der Waals surface area contributed by atoms with E-state index in [2.05, 4.69) is 9.89 Å². The molecule has 4 heteroatoms. The van der Waals surface area contributed by atoms with Gasteiger partial charge >= 0.3 is 0 Å². The molecule has 2 heterocycles. The van der Waals surface area contributed by atoms with Crippen molar-refractivity contribution in [2.45, 2.75) is 18.1 Å². The molecule has 0 saturated carbocycles. The van der Waals surface area contributed by atoms with Gasteiger partial charge in [0.15, 0.2) is 5.17 Å². The fourth-order valence-corrected chi connectivity index (χ4v) is 2.58. The summed E-state index contributed by atoms with van der Waals surface area (Å²) in [7, 11) is 0. The van der Waals surface area contributed by atoms with Crippen LogP contribution in [-0.4, -0.2) is 46.7 Å². The van der Waals surface area contributed by atoms with Crippen molar-refractivity contribution in [2.24, 2.45) is 4.99 Å². The first-order chi connectivity index (χ1) is 5.90. The molecule has 0 bridgehead atoms.